The van der Waals surface area contributed by atoms with Crippen molar-refractivity contribution in [2.45, 2.75) is 4.90 Å². The van der Waals surface area contributed by atoms with Crippen LogP contribution in [0.5, 0.6) is 0 Å². The number of carbonyl (C=O) groups is 1. The van der Waals surface area contributed by atoms with Crippen molar-refractivity contribution < 1.29 is 13.2 Å². The summed E-state index contributed by atoms with van der Waals surface area (Å²) in [4.78, 5) is 22.9. The molecular formula is C25H15N3O3S2. The largest absolute Gasteiger partial charge is 0.288 e. The van der Waals surface area contributed by atoms with Gasteiger partial charge in [0.15, 0.2) is 10.5 Å². The fraction of sp³-hybridized carbons (Fsp3) is 0. The number of aromatic nitrogens is 3. The van der Waals surface area contributed by atoms with Crippen LogP contribution in [0, 0.1) is 0 Å². The smallest absolute Gasteiger partial charge is 0.211 e. The molecule has 0 radical (unpaired) electrons. The number of fused-ring (bicyclic) bond motifs is 2. The Morgan fingerprint density at radius 2 is 1.48 bits per heavy atom. The normalized spacial score (nSPS) is 15.9. The zero-order valence-electron chi connectivity index (χ0n) is 17.0. The van der Waals surface area contributed by atoms with Crippen molar-refractivity contribution in [2.75, 3.05) is 0 Å². The van der Waals surface area contributed by atoms with Crippen LogP contribution in [0.4, 0.5) is 0 Å². The predicted octanol–water partition coefficient (Wildman–Crippen LogP) is 5.16. The number of imidazole rings is 1. The maximum absolute atomic E-state index is 13.1. The lowest BCUT2D eigenvalue weighted by Crippen LogP contribution is -2.05. The van der Waals surface area contributed by atoms with Crippen LogP contribution in [-0.2, 0) is 9.84 Å². The predicted molar refractivity (Wildman–Crippen MR) is 128 cm³/mol. The molecule has 160 valence electrons. The molecule has 0 aliphatic carbocycles. The summed E-state index contributed by atoms with van der Waals surface area (Å²) in [6.45, 7) is 0. The Labute approximate surface area is 193 Å². The number of ketones is 1. The highest BCUT2D eigenvalue weighted by Crippen LogP contribution is 2.37. The SMILES string of the molecule is O=C1/C(=C\c2nc3sc(-c4ccccc4)nc3n2-c2ccccc2)S(=O)(=O)c2ccccc21. The molecule has 6 rings (SSSR count). The van der Waals surface area contributed by atoms with Gasteiger partial charge in [-0.25, -0.2) is 18.4 Å². The summed E-state index contributed by atoms with van der Waals surface area (Å²) in [5.41, 5.74) is 2.55. The molecule has 0 bridgehead atoms. The first-order valence-electron chi connectivity index (χ1n) is 10.1. The number of allylic oxidation sites excluding steroid dienone is 1. The van der Waals surface area contributed by atoms with E-state index in [9.17, 15) is 13.2 Å². The Kier molecular flexibility index (Phi) is 4.39. The molecule has 1 aliphatic heterocycles. The van der Waals surface area contributed by atoms with Gasteiger partial charge in [-0.15, -0.1) is 0 Å². The molecule has 3 heterocycles. The minimum absolute atomic E-state index is 0.0327. The monoisotopic (exact) mass is 469 g/mol. The number of para-hydroxylation sites is 1. The summed E-state index contributed by atoms with van der Waals surface area (Å²) < 4.78 is 28.0. The van der Waals surface area contributed by atoms with E-state index < -0.39 is 15.6 Å². The lowest BCUT2D eigenvalue weighted by molar-refractivity contribution is 0.104. The summed E-state index contributed by atoms with van der Waals surface area (Å²) in [5, 5.41) is 0.814. The van der Waals surface area contributed by atoms with Crippen molar-refractivity contribution in [1.29, 1.82) is 0 Å². The third kappa shape index (κ3) is 3.06. The van der Waals surface area contributed by atoms with Crippen LogP contribution in [0.25, 0.3) is 32.8 Å². The Morgan fingerprint density at radius 1 is 0.818 bits per heavy atom. The van der Waals surface area contributed by atoms with E-state index in [1.807, 2.05) is 60.7 Å². The molecule has 2 aromatic heterocycles. The molecule has 33 heavy (non-hydrogen) atoms. The summed E-state index contributed by atoms with van der Waals surface area (Å²) >= 11 is 1.42. The number of benzene rings is 3. The van der Waals surface area contributed by atoms with Gasteiger partial charge in [0.25, 0.3) is 0 Å². The number of rotatable bonds is 3. The lowest BCUT2D eigenvalue weighted by Gasteiger charge is -2.06. The number of hydrogen-bond donors (Lipinski definition) is 0. The van der Waals surface area contributed by atoms with E-state index in [2.05, 4.69) is 4.98 Å². The Balaban J connectivity index is 1.58. The molecule has 0 amide bonds. The number of nitrogens with zero attached hydrogens (tertiary/aromatic N) is 3. The van der Waals surface area contributed by atoms with Crippen molar-refractivity contribution in [3.8, 4) is 16.3 Å². The van der Waals surface area contributed by atoms with Gasteiger partial charge >= 0.3 is 0 Å². The summed E-state index contributed by atoms with van der Waals surface area (Å²) in [5.74, 6) is -0.177. The van der Waals surface area contributed by atoms with Crippen LogP contribution in [-0.4, -0.2) is 28.7 Å². The minimum Gasteiger partial charge on any atom is -0.288 e. The molecule has 5 aromatic rings. The first kappa shape index (κ1) is 19.8. The van der Waals surface area contributed by atoms with E-state index in [4.69, 9.17) is 4.98 Å². The molecule has 0 fully saturated rings. The maximum atomic E-state index is 13.1. The Morgan fingerprint density at radius 3 is 2.21 bits per heavy atom. The zero-order chi connectivity index (χ0) is 22.6. The average molecular weight is 470 g/mol. The fourth-order valence-electron chi connectivity index (χ4n) is 3.94. The third-order valence-electron chi connectivity index (χ3n) is 5.48. The van der Waals surface area contributed by atoms with Crippen LogP contribution >= 0.6 is 11.3 Å². The zero-order valence-corrected chi connectivity index (χ0v) is 18.7. The van der Waals surface area contributed by atoms with Crippen LogP contribution in [0.3, 0.4) is 0 Å². The molecule has 0 unspecified atom stereocenters. The molecule has 8 heteroatoms. The second kappa shape index (κ2) is 7.33. The summed E-state index contributed by atoms with van der Waals surface area (Å²) in [7, 11) is -3.92. The van der Waals surface area contributed by atoms with Crippen molar-refractivity contribution in [2.24, 2.45) is 0 Å². The average Bonchev–Trinajstić information content (AvgIpc) is 3.45. The fourth-order valence-corrected chi connectivity index (χ4v) is 6.44. The van der Waals surface area contributed by atoms with Gasteiger partial charge in [0.2, 0.25) is 15.6 Å². The molecule has 0 N–H and O–H groups in total. The van der Waals surface area contributed by atoms with Gasteiger partial charge in [0.1, 0.15) is 15.7 Å². The van der Waals surface area contributed by atoms with Crippen molar-refractivity contribution in [1.82, 2.24) is 14.5 Å². The topological polar surface area (TPSA) is 81.9 Å². The molecule has 1 aliphatic rings. The third-order valence-corrected chi connectivity index (χ3v) is 8.28. The molecule has 0 saturated carbocycles. The van der Waals surface area contributed by atoms with E-state index in [1.165, 1.54) is 29.5 Å². The molecule has 6 nitrogen and oxygen atoms in total. The summed E-state index contributed by atoms with van der Waals surface area (Å²) in [6.07, 6.45) is 1.36. The van der Waals surface area contributed by atoms with Crippen LogP contribution in [0.1, 0.15) is 16.2 Å². The highest BCUT2D eigenvalue weighted by atomic mass is 32.2. The minimum atomic E-state index is -3.92. The molecular weight excluding hydrogens is 454 g/mol. The standard InChI is InChI=1S/C25H15N3O3S2/c29-22-18-13-7-8-14-19(18)33(30,31)20(22)15-21-26-25-23(28(21)17-11-5-2-6-12-17)27-24(32-25)16-9-3-1-4-10-16/h1-15H/b20-15+. The van der Waals surface area contributed by atoms with E-state index in [1.54, 1.807) is 16.7 Å². The van der Waals surface area contributed by atoms with Gasteiger partial charge in [0, 0.05) is 22.9 Å². The van der Waals surface area contributed by atoms with Crippen molar-refractivity contribution in [3.63, 3.8) is 0 Å². The van der Waals surface area contributed by atoms with Gasteiger partial charge in [-0.05, 0) is 24.3 Å². The first-order valence-corrected chi connectivity index (χ1v) is 12.4. The lowest BCUT2D eigenvalue weighted by atomic mass is 10.1. The quantitative estimate of drug-likeness (QED) is 0.341. The van der Waals surface area contributed by atoms with Gasteiger partial charge in [-0.2, -0.15) is 0 Å². The molecule has 0 spiro atoms. The van der Waals surface area contributed by atoms with Crippen LogP contribution in [0.2, 0.25) is 0 Å². The summed E-state index contributed by atoms with van der Waals surface area (Å²) in [6, 6.07) is 25.5. The van der Waals surface area contributed by atoms with Crippen molar-refractivity contribution in [3.05, 3.63) is 101 Å². The van der Waals surface area contributed by atoms with Gasteiger partial charge in [-0.3, -0.25) is 9.36 Å². The highest BCUT2D eigenvalue weighted by Gasteiger charge is 2.39. The number of carbonyl (C=O) groups excluding carboxylic acids is 1. The van der Waals surface area contributed by atoms with Gasteiger partial charge in [0.05, 0.1) is 4.90 Å². The molecule has 0 saturated heterocycles. The number of thiazole rings is 1. The van der Waals surface area contributed by atoms with Crippen LogP contribution in [0.15, 0.2) is 94.7 Å². The Bertz CT molecular complexity index is 1680. The van der Waals surface area contributed by atoms with Gasteiger partial charge in [-0.1, -0.05) is 72.0 Å². The van der Waals surface area contributed by atoms with E-state index in [0.717, 1.165) is 16.3 Å². The second-order valence-electron chi connectivity index (χ2n) is 7.49. The van der Waals surface area contributed by atoms with E-state index >= 15 is 0 Å². The molecule has 0 atom stereocenters. The number of Topliss-reactive ketones (excluding diaryl/α,β-unsaturated/α-hetero) is 1. The first-order chi connectivity index (χ1) is 16.0. The van der Waals surface area contributed by atoms with Crippen LogP contribution < -0.4 is 0 Å². The van der Waals surface area contributed by atoms with Crippen molar-refractivity contribution >= 4 is 43.5 Å². The number of hydrogen-bond acceptors (Lipinski definition) is 6. The highest BCUT2D eigenvalue weighted by molar-refractivity contribution is 7.97. The second-order valence-corrected chi connectivity index (χ2v) is 10.4. The van der Waals surface area contributed by atoms with Gasteiger partial charge < -0.3 is 0 Å². The van der Waals surface area contributed by atoms with E-state index in [0.29, 0.717) is 16.3 Å². The molecule has 3 aromatic carbocycles. The number of sulfone groups is 1. The maximum Gasteiger partial charge on any atom is 0.211 e. The van der Waals surface area contributed by atoms with E-state index in [-0.39, 0.29) is 15.4 Å². The Hall–Kier alpha value is -3.88.